The predicted molar refractivity (Wildman–Crippen MR) is 72.2 cm³/mol. The van der Waals surface area contributed by atoms with Crippen molar-refractivity contribution in [3.63, 3.8) is 0 Å². The monoisotopic (exact) mass is 261 g/mol. The van der Waals surface area contributed by atoms with Gasteiger partial charge in [0.2, 0.25) is 0 Å². The highest BCUT2D eigenvalue weighted by Crippen LogP contribution is 2.17. The zero-order chi connectivity index (χ0) is 13.7. The summed E-state index contributed by atoms with van der Waals surface area (Å²) < 4.78 is 5.23. The van der Waals surface area contributed by atoms with Crippen LogP contribution in [0.5, 0.6) is 0 Å². The van der Waals surface area contributed by atoms with E-state index >= 15 is 0 Å². The average molecular weight is 261 g/mol. The first-order valence-electron chi connectivity index (χ1n) is 6.46. The van der Waals surface area contributed by atoms with Crippen LogP contribution in [0.2, 0.25) is 0 Å². The molecule has 6 heteroatoms. The molecule has 2 N–H and O–H groups in total. The van der Waals surface area contributed by atoms with Crippen molar-refractivity contribution in [1.29, 1.82) is 0 Å². The number of hydrogen-bond donors (Lipinski definition) is 1. The molecule has 2 aromatic heterocycles. The van der Waals surface area contributed by atoms with Gasteiger partial charge in [0.25, 0.3) is 5.89 Å². The SMILES string of the molecule is CCN(CC)CC(N)c1noc(-c2ccncc2)n1. The second-order valence-electron chi connectivity index (χ2n) is 4.29. The Kier molecular flexibility index (Phi) is 4.59. The first-order chi connectivity index (χ1) is 9.24. The number of pyridine rings is 1. The Labute approximate surface area is 112 Å². The number of rotatable bonds is 6. The summed E-state index contributed by atoms with van der Waals surface area (Å²) in [5.74, 6) is 1.02. The lowest BCUT2D eigenvalue weighted by molar-refractivity contribution is 0.278. The molecular weight excluding hydrogens is 242 g/mol. The summed E-state index contributed by atoms with van der Waals surface area (Å²) in [6, 6.07) is 3.42. The van der Waals surface area contributed by atoms with Crippen molar-refractivity contribution in [2.24, 2.45) is 5.73 Å². The fraction of sp³-hybridized carbons (Fsp3) is 0.462. The molecule has 0 aliphatic rings. The van der Waals surface area contributed by atoms with Gasteiger partial charge in [-0.05, 0) is 25.2 Å². The molecule has 6 nitrogen and oxygen atoms in total. The molecule has 1 unspecified atom stereocenters. The molecule has 1 atom stereocenters. The van der Waals surface area contributed by atoms with Crippen LogP contribution >= 0.6 is 0 Å². The third-order valence-corrected chi connectivity index (χ3v) is 3.05. The van der Waals surface area contributed by atoms with E-state index in [9.17, 15) is 0 Å². The van der Waals surface area contributed by atoms with E-state index in [2.05, 4.69) is 33.9 Å². The highest BCUT2D eigenvalue weighted by Gasteiger charge is 2.17. The molecule has 0 radical (unpaired) electrons. The molecule has 0 amide bonds. The Morgan fingerprint density at radius 2 is 1.95 bits per heavy atom. The topological polar surface area (TPSA) is 81.1 Å². The summed E-state index contributed by atoms with van der Waals surface area (Å²) in [6.07, 6.45) is 3.38. The van der Waals surface area contributed by atoms with Crippen LogP contribution in [0.15, 0.2) is 29.0 Å². The highest BCUT2D eigenvalue weighted by atomic mass is 16.5. The lowest BCUT2D eigenvalue weighted by atomic mass is 10.2. The van der Waals surface area contributed by atoms with Crippen LogP contribution in [0.3, 0.4) is 0 Å². The molecule has 0 aliphatic heterocycles. The Morgan fingerprint density at radius 3 is 2.58 bits per heavy atom. The smallest absolute Gasteiger partial charge is 0.258 e. The van der Waals surface area contributed by atoms with Crippen molar-refractivity contribution in [2.45, 2.75) is 19.9 Å². The second kappa shape index (κ2) is 6.40. The van der Waals surface area contributed by atoms with E-state index in [4.69, 9.17) is 10.3 Å². The van der Waals surface area contributed by atoms with Gasteiger partial charge in [-0.15, -0.1) is 0 Å². The molecule has 0 saturated carbocycles. The first-order valence-corrected chi connectivity index (χ1v) is 6.46. The van der Waals surface area contributed by atoms with E-state index in [-0.39, 0.29) is 6.04 Å². The molecule has 2 rings (SSSR count). The summed E-state index contributed by atoms with van der Waals surface area (Å²) in [5.41, 5.74) is 6.95. The van der Waals surface area contributed by atoms with Gasteiger partial charge in [-0.2, -0.15) is 4.98 Å². The minimum absolute atomic E-state index is 0.237. The van der Waals surface area contributed by atoms with Crippen molar-refractivity contribution < 1.29 is 4.52 Å². The van der Waals surface area contributed by atoms with Crippen LogP contribution in [-0.4, -0.2) is 39.7 Å². The normalized spacial score (nSPS) is 12.8. The number of aromatic nitrogens is 3. The van der Waals surface area contributed by atoms with Gasteiger partial charge in [-0.1, -0.05) is 19.0 Å². The molecule has 0 bridgehead atoms. The lowest BCUT2D eigenvalue weighted by Crippen LogP contribution is -2.32. The molecule has 0 aliphatic carbocycles. The van der Waals surface area contributed by atoms with Crippen molar-refractivity contribution in [1.82, 2.24) is 20.0 Å². The van der Waals surface area contributed by atoms with Crippen LogP contribution in [0.4, 0.5) is 0 Å². The summed E-state index contributed by atoms with van der Waals surface area (Å²) in [4.78, 5) is 10.5. The maximum absolute atomic E-state index is 6.10. The van der Waals surface area contributed by atoms with E-state index in [1.54, 1.807) is 12.4 Å². The Bertz CT molecular complexity index is 495. The molecular formula is C13H19N5O. The molecule has 2 aromatic rings. The molecule has 19 heavy (non-hydrogen) atoms. The van der Waals surface area contributed by atoms with Gasteiger partial charge in [0.15, 0.2) is 5.82 Å². The minimum atomic E-state index is -0.237. The molecule has 102 valence electrons. The fourth-order valence-electron chi connectivity index (χ4n) is 1.84. The summed E-state index contributed by atoms with van der Waals surface area (Å²) >= 11 is 0. The largest absolute Gasteiger partial charge is 0.334 e. The number of nitrogens with two attached hydrogens (primary N) is 1. The van der Waals surface area contributed by atoms with Crippen molar-refractivity contribution in [3.05, 3.63) is 30.4 Å². The van der Waals surface area contributed by atoms with Gasteiger partial charge in [-0.3, -0.25) is 4.98 Å². The molecule has 0 saturated heterocycles. The second-order valence-corrected chi connectivity index (χ2v) is 4.29. The zero-order valence-corrected chi connectivity index (χ0v) is 11.3. The quantitative estimate of drug-likeness (QED) is 0.848. The Balaban J connectivity index is 2.08. The van der Waals surface area contributed by atoms with Gasteiger partial charge in [0.05, 0.1) is 6.04 Å². The van der Waals surface area contributed by atoms with Crippen LogP contribution in [-0.2, 0) is 0 Å². The number of likely N-dealkylation sites (N-methyl/N-ethyl adjacent to an activating group) is 1. The molecule has 0 fully saturated rings. The van der Waals surface area contributed by atoms with Crippen LogP contribution in [0.1, 0.15) is 25.7 Å². The van der Waals surface area contributed by atoms with Gasteiger partial charge in [0, 0.05) is 24.5 Å². The molecule has 0 spiro atoms. The fourth-order valence-corrected chi connectivity index (χ4v) is 1.84. The van der Waals surface area contributed by atoms with Crippen LogP contribution < -0.4 is 5.73 Å². The van der Waals surface area contributed by atoms with E-state index in [0.29, 0.717) is 11.7 Å². The van der Waals surface area contributed by atoms with Gasteiger partial charge in [-0.25, -0.2) is 0 Å². The number of hydrogen-bond acceptors (Lipinski definition) is 6. The Morgan fingerprint density at radius 1 is 1.26 bits per heavy atom. The Hall–Kier alpha value is -1.79. The van der Waals surface area contributed by atoms with E-state index < -0.39 is 0 Å². The third kappa shape index (κ3) is 3.36. The average Bonchev–Trinajstić information content (AvgIpc) is 2.95. The molecule has 2 heterocycles. The summed E-state index contributed by atoms with van der Waals surface area (Å²) in [5, 5.41) is 3.96. The van der Waals surface area contributed by atoms with E-state index in [1.807, 2.05) is 12.1 Å². The van der Waals surface area contributed by atoms with E-state index in [1.165, 1.54) is 0 Å². The lowest BCUT2D eigenvalue weighted by Gasteiger charge is -2.20. The minimum Gasteiger partial charge on any atom is -0.334 e. The maximum Gasteiger partial charge on any atom is 0.258 e. The first kappa shape index (κ1) is 13.6. The van der Waals surface area contributed by atoms with Gasteiger partial charge in [0.1, 0.15) is 0 Å². The summed E-state index contributed by atoms with van der Waals surface area (Å²) in [7, 11) is 0. The van der Waals surface area contributed by atoms with Crippen LogP contribution in [0, 0.1) is 0 Å². The zero-order valence-electron chi connectivity index (χ0n) is 11.3. The van der Waals surface area contributed by atoms with Gasteiger partial charge < -0.3 is 15.2 Å². The third-order valence-electron chi connectivity index (χ3n) is 3.05. The predicted octanol–water partition coefficient (Wildman–Crippen LogP) is 1.47. The van der Waals surface area contributed by atoms with Crippen LogP contribution in [0.25, 0.3) is 11.5 Å². The maximum atomic E-state index is 6.10. The van der Waals surface area contributed by atoms with Crippen molar-refractivity contribution in [3.8, 4) is 11.5 Å². The summed E-state index contributed by atoms with van der Waals surface area (Å²) in [6.45, 7) is 6.85. The van der Waals surface area contributed by atoms with Gasteiger partial charge >= 0.3 is 0 Å². The number of nitrogens with zero attached hydrogens (tertiary/aromatic N) is 4. The van der Waals surface area contributed by atoms with Crippen molar-refractivity contribution >= 4 is 0 Å². The van der Waals surface area contributed by atoms with Crippen molar-refractivity contribution in [2.75, 3.05) is 19.6 Å². The highest BCUT2D eigenvalue weighted by molar-refractivity contribution is 5.51. The molecule has 0 aromatic carbocycles. The van der Waals surface area contributed by atoms with E-state index in [0.717, 1.165) is 25.2 Å². The standard InChI is InChI=1S/C13H19N5O/c1-3-18(4-2)9-11(14)12-16-13(19-17-12)10-5-7-15-8-6-10/h5-8,11H,3-4,9,14H2,1-2H3.